The predicted molar refractivity (Wildman–Crippen MR) is 298 cm³/mol. The smallest absolute Gasteiger partial charge is 0.276 e. The van der Waals surface area contributed by atoms with Crippen molar-refractivity contribution in [1.82, 2.24) is 34.2 Å². The van der Waals surface area contributed by atoms with Crippen molar-refractivity contribution in [1.29, 1.82) is 0 Å². The van der Waals surface area contributed by atoms with E-state index in [-0.39, 0.29) is 60.1 Å². The molecule has 424 valence electrons. The zero-order valence-corrected chi connectivity index (χ0v) is 46.2. The second-order valence-corrected chi connectivity index (χ2v) is 22.1. The fourth-order valence-electron chi connectivity index (χ4n) is 11.9. The minimum absolute atomic E-state index is 0.0306. The maximum atomic E-state index is 14.0. The summed E-state index contributed by atoms with van der Waals surface area (Å²) in [6.45, 7) is 12.6. The number of piperazine rings is 1. The molecule has 10 rings (SSSR count). The molecule has 21 nitrogen and oxygen atoms in total. The first-order valence-electron chi connectivity index (χ1n) is 27.8. The Balaban J connectivity index is 0.601. The van der Waals surface area contributed by atoms with Crippen molar-refractivity contribution in [3.05, 3.63) is 117 Å². The summed E-state index contributed by atoms with van der Waals surface area (Å²) >= 11 is 0. The minimum Gasteiger partial charge on any atom is -0.392 e. The van der Waals surface area contributed by atoms with Crippen LogP contribution >= 0.6 is 0 Å². The summed E-state index contributed by atoms with van der Waals surface area (Å²) < 4.78 is 26.4. The molecule has 4 aromatic heterocycles. The van der Waals surface area contributed by atoms with Crippen LogP contribution < -0.4 is 26.0 Å². The molecule has 8 heterocycles. The molecule has 1 aliphatic carbocycles. The Bertz CT molecular complexity index is 3190. The number of amides is 5. The van der Waals surface area contributed by atoms with Gasteiger partial charge >= 0.3 is 0 Å². The number of carbonyl (C=O) groups is 5. The second-order valence-electron chi connectivity index (χ2n) is 22.1. The third-order valence-corrected chi connectivity index (χ3v) is 15.9. The molecule has 0 saturated carbocycles. The summed E-state index contributed by atoms with van der Waals surface area (Å²) in [6, 6.07) is 14.4. The van der Waals surface area contributed by atoms with Crippen LogP contribution in [0.15, 0.2) is 71.9 Å². The number of ether oxygens (including phenoxy) is 4. The first-order valence-corrected chi connectivity index (χ1v) is 27.8. The number of aryl methyl sites for hydroxylation is 2. The first kappa shape index (κ1) is 56.0. The van der Waals surface area contributed by atoms with Crippen molar-refractivity contribution < 1.29 is 48.0 Å². The predicted octanol–water partition coefficient (Wildman–Crippen LogP) is 4.55. The zero-order chi connectivity index (χ0) is 56.1. The van der Waals surface area contributed by atoms with Gasteiger partial charge in [0.15, 0.2) is 0 Å². The van der Waals surface area contributed by atoms with Gasteiger partial charge in [-0.1, -0.05) is 26.0 Å². The SMILES string of the molecule is C[C@@H]1CN(C(=O)CCOCCOCCOCCOCCCc2cccc3c2CN(C2CCC(=O)NC2=O)C3=O)CCN1c1ccc(Nc2cc(-c3ccnc(N4CCn5c(cc6c5CC(C)(C)C6)C4=O)c3CO)cn(C)c2=O)nc1. The van der Waals surface area contributed by atoms with Gasteiger partial charge in [0.25, 0.3) is 17.4 Å². The lowest BCUT2D eigenvalue weighted by atomic mass is 9.90. The third-order valence-electron chi connectivity index (χ3n) is 15.9. The minimum atomic E-state index is -0.634. The average Bonchev–Trinajstić information content (AvgIpc) is 4.12. The number of pyridine rings is 3. The fourth-order valence-corrected chi connectivity index (χ4v) is 11.9. The highest BCUT2D eigenvalue weighted by atomic mass is 16.6. The van der Waals surface area contributed by atoms with E-state index in [1.165, 1.54) is 15.8 Å². The van der Waals surface area contributed by atoms with E-state index in [1.54, 1.807) is 53.6 Å². The Labute approximate surface area is 465 Å². The van der Waals surface area contributed by atoms with Crippen molar-refractivity contribution >= 4 is 52.5 Å². The molecular formula is C59H72N10O11. The molecule has 5 amide bonds. The zero-order valence-electron chi connectivity index (χ0n) is 46.2. The number of aromatic nitrogens is 4. The largest absolute Gasteiger partial charge is 0.392 e. The topological polar surface area (TPSA) is 232 Å². The highest BCUT2D eigenvalue weighted by Gasteiger charge is 2.41. The number of aliphatic hydroxyl groups excluding tert-OH is 1. The summed E-state index contributed by atoms with van der Waals surface area (Å²) in [4.78, 5) is 94.4. The molecular weight excluding hydrogens is 1020 g/mol. The van der Waals surface area contributed by atoms with Gasteiger partial charge in [-0.2, -0.15) is 0 Å². The second kappa shape index (κ2) is 24.6. The normalized spacial score (nSPS) is 18.7. The van der Waals surface area contributed by atoms with E-state index in [2.05, 4.69) is 50.8 Å². The number of imide groups is 1. The van der Waals surface area contributed by atoms with Gasteiger partial charge in [-0.15, -0.1) is 0 Å². The quantitative estimate of drug-likeness (QED) is 0.0602. The Hall–Kier alpha value is -7.30. The van der Waals surface area contributed by atoms with Gasteiger partial charge in [0, 0.05) is 100 Å². The van der Waals surface area contributed by atoms with E-state index in [1.807, 2.05) is 35.2 Å². The number of nitrogens with zero attached hydrogens (tertiary/aromatic N) is 8. The van der Waals surface area contributed by atoms with Gasteiger partial charge in [-0.25, -0.2) is 9.97 Å². The van der Waals surface area contributed by atoms with Crippen LogP contribution in [0.2, 0.25) is 0 Å². The number of nitrogens with one attached hydrogen (secondary N) is 2. The maximum absolute atomic E-state index is 14.0. The van der Waals surface area contributed by atoms with Gasteiger partial charge < -0.3 is 53.2 Å². The van der Waals surface area contributed by atoms with Crippen molar-refractivity contribution in [3.63, 3.8) is 0 Å². The maximum Gasteiger partial charge on any atom is 0.276 e. The number of benzene rings is 1. The van der Waals surface area contributed by atoms with Crippen LogP contribution in [0.4, 0.5) is 23.0 Å². The Kier molecular flexibility index (Phi) is 17.2. The number of anilines is 4. The lowest BCUT2D eigenvalue weighted by Gasteiger charge is -2.41. The molecule has 5 aromatic rings. The molecule has 80 heavy (non-hydrogen) atoms. The van der Waals surface area contributed by atoms with Crippen molar-refractivity contribution in [2.24, 2.45) is 12.5 Å². The van der Waals surface area contributed by atoms with Crippen LogP contribution in [0.5, 0.6) is 0 Å². The van der Waals surface area contributed by atoms with Crippen LogP contribution in [0.1, 0.15) is 95.2 Å². The summed E-state index contributed by atoms with van der Waals surface area (Å²) in [5, 5.41) is 16.3. The molecule has 21 heteroatoms. The number of hydrogen-bond donors (Lipinski definition) is 3. The molecule has 4 aliphatic heterocycles. The van der Waals surface area contributed by atoms with Crippen LogP contribution in [0.3, 0.4) is 0 Å². The summed E-state index contributed by atoms with van der Waals surface area (Å²) in [7, 11) is 1.67. The summed E-state index contributed by atoms with van der Waals surface area (Å²) in [5.74, 6) is -0.126. The van der Waals surface area contributed by atoms with E-state index < -0.39 is 11.9 Å². The standard InChI is InChI=1S/C59H72N10O11/c1-38-34-65(53(72)15-22-78-24-26-80-28-27-79-25-23-77-21-6-8-39-7-5-9-44-45(39)36-69(56(44)74)48-11-13-52(71)63-55(48)73)17-18-66(38)42-10-12-51(61-33-42)62-47-29-41(35-64(4)57(47)75)43-14-16-60-54(46(43)37-70)68-20-19-67-49(58(68)76)30-40-31-59(2,3)32-50(40)67/h5,7,9-10,12,14,16,29-30,33,35,38,48,70H,6,8,11,13,15,17-28,31-32,34,36-37H2,1-4H3,(H,61,62)(H,63,71,73)/t38-,48?/m1/s1. The van der Waals surface area contributed by atoms with Gasteiger partial charge in [0.2, 0.25) is 17.7 Å². The molecule has 0 radical (unpaired) electrons. The fraction of sp³-hybridized carbons (Fsp3) is 0.492. The molecule has 0 spiro atoms. The third kappa shape index (κ3) is 12.2. The van der Waals surface area contributed by atoms with Gasteiger partial charge in [0.05, 0.1) is 71.2 Å². The van der Waals surface area contributed by atoms with Crippen molar-refractivity contribution in [2.45, 2.75) is 97.5 Å². The molecule has 1 unspecified atom stereocenters. The number of hydrogen-bond acceptors (Lipinski definition) is 15. The first-order chi connectivity index (χ1) is 38.7. The molecule has 2 atom stereocenters. The Morgan fingerprint density at radius 1 is 0.838 bits per heavy atom. The number of rotatable bonds is 23. The Morgan fingerprint density at radius 2 is 1.60 bits per heavy atom. The lowest BCUT2D eigenvalue weighted by Crippen LogP contribution is -2.54. The van der Waals surface area contributed by atoms with Crippen LogP contribution in [-0.2, 0) is 79.3 Å². The van der Waals surface area contributed by atoms with E-state index in [9.17, 15) is 33.9 Å². The molecule has 3 N–H and O–H groups in total. The van der Waals surface area contributed by atoms with E-state index in [0.717, 1.165) is 42.5 Å². The van der Waals surface area contributed by atoms with Gasteiger partial charge in [0.1, 0.15) is 29.1 Å². The van der Waals surface area contributed by atoms with E-state index >= 15 is 0 Å². The Morgan fingerprint density at radius 3 is 2.33 bits per heavy atom. The molecule has 1 aromatic carbocycles. The van der Waals surface area contributed by atoms with Crippen LogP contribution in [0, 0.1) is 5.41 Å². The van der Waals surface area contributed by atoms with Crippen LogP contribution in [-0.4, -0.2) is 155 Å². The van der Waals surface area contributed by atoms with Crippen molar-refractivity contribution in [2.75, 3.05) is 94.2 Å². The van der Waals surface area contributed by atoms with E-state index in [4.69, 9.17) is 18.9 Å². The van der Waals surface area contributed by atoms with Gasteiger partial charge in [-0.05, 0) is 103 Å². The monoisotopic (exact) mass is 1100 g/mol. The number of aliphatic hydroxyl groups is 1. The van der Waals surface area contributed by atoms with Crippen LogP contribution in [0.25, 0.3) is 11.1 Å². The average molecular weight is 1100 g/mol. The summed E-state index contributed by atoms with van der Waals surface area (Å²) in [6.07, 6.45) is 9.30. The van der Waals surface area contributed by atoms with Crippen molar-refractivity contribution in [3.8, 4) is 11.1 Å². The van der Waals surface area contributed by atoms with Gasteiger partial charge in [-0.3, -0.25) is 39.0 Å². The number of piperidine rings is 1. The molecule has 2 saturated heterocycles. The molecule has 0 bridgehead atoms. The molecule has 5 aliphatic rings. The highest BCUT2D eigenvalue weighted by Crippen LogP contribution is 2.40. The highest BCUT2D eigenvalue weighted by molar-refractivity contribution is 6.07. The number of carbonyl (C=O) groups excluding carboxylic acids is 5. The lowest BCUT2D eigenvalue weighted by molar-refractivity contribution is -0.137. The number of fused-ring (bicyclic) bond motifs is 4. The van der Waals surface area contributed by atoms with E-state index in [0.29, 0.717) is 144 Å². The molecule has 2 fully saturated rings. The summed E-state index contributed by atoms with van der Waals surface area (Å²) in [5.41, 5.74) is 8.63.